The second-order valence-electron chi connectivity index (χ2n) is 6.90. The first-order valence-electron chi connectivity index (χ1n) is 9.31. The van der Waals surface area contributed by atoms with Crippen LogP contribution in [0.3, 0.4) is 0 Å². The number of anilines is 1. The Morgan fingerprint density at radius 3 is 2.88 bits per heavy atom. The molecule has 1 amide bonds. The Morgan fingerprint density at radius 2 is 2.23 bits per heavy atom. The van der Waals surface area contributed by atoms with E-state index in [0.717, 1.165) is 37.3 Å². The van der Waals surface area contributed by atoms with Crippen LogP contribution in [0.1, 0.15) is 38.2 Å². The SMILES string of the molecule is CCNC(=NCCC(=O)Nc1ccc(C)cc1Cl)NC1CC2CCC1O2. The zero-order valence-corrected chi connectivity index (χ0v) is 16.1. The first kappa shape index (κ1) is 19.0. The molecule has 2 aliphatic rings. The number of hydrogen-bond donors (Lipinski definition) is 3. The van der Waals surface area contributed by atoms with E-state index in [2.05, 4.69) is 20.9 Å². The number of carbonyl (C=O) groups excluding carboxylic acids is 1. The smallest absolute Gasteiger partial charge is 0.226 e. The van der Waals surface area contributed by atoms with Gasteiger partial charge < -0.3 is 20.7 Å². The highest BCUT2D eigenvalue weighted by molar-refractivity contribution is 6.33. The molecule has 6 nitrogen and oxygen atoms in total. The molecule has 0 aromatic heterocycles. The largest absolute Gasteiger partial charge is 0.373 e. The highest BCUT2D eigenvalue weighted by Gasteiger charge is 2.41. The standard InChI is InChI=1S/C19H27ClN4O2/c1-3-21-19(24-16-11-13-5-7-17(16)26-13)22-9-8-18(25)23-15-6-4-12(2)10-14(15)20/h4,6,10,13,16-17H,3,5,7-9,11H2,1-2H3,(H,23,25)(H2,21,22,24). The molecule has 3 unspecified atom stereocenters. The number of halogens is 1. The van der Waals surface area contributed by atoms with Crippen molar-refractivity contribution in [2.75, 3.05) is 18.4 Å². The summed E-state index contributed by atoms with van der Waals surface area (Å²) in [5, 5.41) is 10.1. The van der Waals surface area contributed by atoms with Gasteiger partial charge >= 0.3 is 0 Å². The van der Waals surface area contributed by atoms with E-state index in [9.17, 15) is 4.79 Å². The van der Waals surface area contributed by atoms with E-state index in [4.69, 9.17) is 16.3 Å². The van der Waals surface area contributed by atoms with Crippen molar-refractivity contribution in [3.05, 3.63) is 28.8 Å². The highest BCUT2D eigenvalue weighted by atomic mass is 35.5. The lowest BCUT2D eigenvalue weighted by Gasteiger charge is -2.22. The summed E-state index contributed by atoms with van der Waals surface area (Å²) in [6.07, 6.45) is 4.29. The number of hydrogen-bond acceptors (Lipinski definition) is 3. The third-order valence-corrected chi connectivity index (χ3v) is 5.09. The third kappa shape index (κ3) is 4.89. The number of nitrogens with one attached hydrogen (secondary N) is 3. The summed E-state index contributed by atoms with van der Waals surface area (Å²) in [5.41, 5.74) is 1.69. The van der Waals surface area contributed by atoms with Crippen LogP contribution in [-0.4, -0.2) is 43.2 Å². The number of fused-ring (bicyclic) bond motifs is 2. The van der Waals surface area contributed by atoms with Gasteiger partial charge in [0.2, 0.25) is 5.91 Å². The first-order valence-corrected chi connectivity index (χ1v) is 9.69. The van der Waals surface area contributed by atoms with Gasteiger partial charge in [-0.3, -0.25) is 9.79 Å². The number of aliphatic imine (C=N–C) groups is 1. The van der Waals surface area contributed by atoms with Crippen LogP contribution in [0, 0.1) is 6.92 Å². The zero-order chi connectivity index (χ0) is 18.5. The molecule has 2 fully saturated rings. The predicted molar refractivity (Wildman–Crippen MR) is 105 cm³/mol. The molecule has 0 saturated carbocycles. The maximum absolute atomic E-state index is 12.1. The first-order chi connectivity index (χ1) is 12.5. The maximum Gasteiger partial charge on any atom is 0.226 e. The Hall–Kier alpha value is -1.79. The van der Waals surface area contributed by atoms with Crippen LogP contribution in [0.2, 0.25) is 5.02 Å². The van der Waals surface area contributed by atoms with Gasteiger partial charge in [-0.1, -0.05) is 17.7 Å². The normalized spacial score (nSPS) is 24.6. The van der Waals surface area contributed by atoms with Crippen LogP contribution in [-0.2, 0) is 9.53 Å². The van der Waals surface area contributed by atoms with Gasteiger partial charge in [0.05, 0.1) is 35.5 Å². The average molecular weight is 379 g/mol. The van der Waals surface area contributed by atoms with E-state index in [0.29, 0.717) is 35.8 Å². The fourth-order valence-electron chi connectivity index (χ4n) is 3.49. The van der Waals surface area contributed by atoms with Crippen molar-refractivity contribution < 1.29 is 9.53 Å². The quantitative estimate of drug-likeness (QED) is 0.525. The Kier molecular flexibility index (Phi) is 6.38. The molecular formula is C19H27ClN4O2. The van der Waals surface area contributed by atoms with Gasteiger partial charge in [0.25, 0.3) is 0 Å². The van der Waals surface area contributed by atoms with Crippen molar-refractivity contribution in [2.24, 2.45) is 4.99 Å². The van der Waals surface area contributed by atoms with E-state index in [-0.39, 0.29) is 12.0 Å². The van der Waals surface area contributed by atoms with Crippen molar-refractivity contribution in [3.8, 4) is 0 Å². The molecule has 0 aliphatic carbocycles. The minimum absolute atomic E-state index is 0.0985. The van der Waals surface area contributed by atoms with Crippen LogP contribution < -0.4 is 16.0 Å². The minimum Gasteiger partial charge on any atom is -0.373 e. The number of aryl methyl sites for hydroxylation is 1. The van der Waals surface area contributed by atoms with Crippen molar-refractivity contribution in [1.82, 2.24) is 10.6 Å². The van der Waals surface area contributed by atoms with Gasteiger partial charge in [0, 0.05) is 13.0 Å². The fourth-order valence-corrected chi connectivity index (χ4v) is 3.77. The summed E-state index contributed by atoms with van der Waals surface area (Å²) < 4.78 is 5.87. The zero-order valence-electron chi connectivity index (χ0n) is 15.3. The summed E-state index contributed by atoms with van der Waals surface area (Å²) in [6, 6.07) is 5.88. The highest BCUT2D eigenvalue weighted by Crippen LogP contribution is 2.34. The molecule has 0 spiro atoms. The molecule has 2 saturated heterocycles. The number of guanidine groups is 1. The maximum atomic E-state index is 12.1. The monoisotopic (exact) mass is 378 g/mol. The van der Waals surface area contributed by atoms with Crippen LogP contribution in [0.15, 0.2) is 23.2 Å². The summed E-state index contributed by atoms with van der Waals surface area (Å²) in [4.78, 5) is 16.7. The second-order valence-corrected chi connectivity index (χ2v) is 7.31. The molecular weight excluding hydrogens is 352 g/mol. The predicted octanol–water partition coefficient (Wildman–Crippen LogP) is 2.85. The molecule has 7 heteroatoms. The number of amides is 1. The lowest BCUT2D eigenvalue weighted by molar-refractivity contribution is -0.116. The number of carbonyl (C=O) groups is 1. The van der Waals surface area contributed by atoms with Gasteiger partial charge in [-0.2, -0.15) is 0 Å². The summed E-state index contributed by atoms with van der Waals surface area (Å²) >= 11 is 6.15. The molecule has 0 radical (unpaired) electrons. The Labute approximate surface area is 159 Å². The van der Waals surface area contributed by atoms with Crippen LogP contribution in [0.25, 0.3) is 0 Å². The van der Waals surface area contributed by atoms with E-state index >= 15 is 0 Å². The lowest BCUT2D eigenvalue weighted by atomic mass is 9.96. The van der Waals surface area contributed by atoms with Gasteiger partial charge in [0.1, 0.15) is 0 Å². The Morgan fingerprint density at radius 1 is 1.38 bits per heavy atom. The Balaban J connectivity index is 1.48. The summed E-state index contributed by atoms with van der Waals surface area (Å²) in [7, 11) is 0. The van der Waals surface area contributed by atoms with Crippen molar-refractivity contribution in [3.63, 3.8) is 0 Å². The van der Waals surface area contributed by atoms with Gasteiger partial charge in [-0.25, -0.2) is 0 Å². The molecule has 1 aromatic carbocycles. The molecule has 2 aliphatic heterocycles. The topological polar surface area (TPSA) is 74.8 Å². The molecule has 142 valence electrons. The van der Waals surface area contributed by atoms with Crippen LogP contribution >= 0.6 is 11.6 Å². The second kappa shape index (κ2) is 8.73. The lowest BCUT2D eigenvalue weighted by Crippen LogP contribution is -2.47. The average Bonchev–Trinajstić information content (AvgIpc) is 3.20. The van der Waals surface area contributed by atoms with E-state index < -0.39 is 0 Å². The van der Waals surface area contributed by atoms with E-state index in [1.54, 1.807) is 0 Å². The van der Waals surface area contributed by atoms with Crippen LogP contribution in [0.4, 0.5) is 5.69 Å². The van der Waals surface area contributed by atoms with Gasteiger partial charge in [-0.15, -0.1) is 0 Å². The molecule has 3 N–H and O–H groups in total. The molecule has 1 aromatic rings. The van der Waals surface area contributed by atoms with E-state index in [1.807, 2.05) is 32.0 Å². The van der Waals surface area contributed by atoms with Crippen molar-refractivity contribution >= 4 is 29.2 Å². The van der Waals surface area contributed by atoms with Crippen molar-refractivity contribution in [2.45, 2.75) is 57.8 Å². The molecule has 2 bridgehead atoms. The fraction of sp³-hybridized carbons (Fsp3) is 0.579. The Bertz CT molecular complexity index is 680. The molecule has 2 heterocycles. The van der Waals surface area contributed by atoms with Gasteiger partial charge in [-0.05, 0) is 50.8 Å². The molecule has 26 heavy (non-hydrogen) atoms. The minimum atomic E-state index is -0.0985. The number of benzene rings is 1. The third-order valence-electron chi connectivity index (χ3n) is 4.78. The summed E-state index contributed by atoms with van der Waals surface area (Å²) in [6.45, 7) is 5.17. The number of nitrogens with zero attached hydrogens (tertiary/aromatic N) is 1. The van der Waals surface area contributed by atoms with E-state index in [1.165, 1.54) is 0 Å². The van der Waals surface area contributed by atoms with Gasteiger partial charge in [0.15, 0.2) is 5.96 Å². The van der Waals surface area contributed by atoms with Crippen molar-refractivity contribution in [1.29, 1.82) is 0 Å². The molecule has 3 atom stereocenters. The number of rotatable bonds is 6. The molecule has 3 rings (SSSR count). The van der Waals surface area contributed by atoms with Crippen LogP contribution in [0.5, 0.6) is 0 Å². The number of ether oxygens (including phenoxy) is 1. The summed E-state index contributed by atoms with van der Waals surface area (Å²) in [5.74, 6) is 0.647.